The van der Waals surface area contributed by atoms with Crippen molar-refractivity contribution in [3.8, 4) is 0 Å². The second-order valence-corrected chi connectivity index (χ2v) is 7.84. The van der Waals surface area contributed by atoms with Gasteiger partial charge >= 0.3 is 0 Å². The standard InChI is InChI=1S/C16H18.2C5H5.2Fe/c1-15(2)11-16(3,12-7-4-5-8-12)14-10-6-9-13(14)15;2*1-2-4-5-3-1;;/h4-10H,11H2,1-3H3;2*1-5H;;. The van der Waals surface area contributed by atoms with Crippen LogP contribution in [0.1, 0.15) is 27.2 Å². The van der Waals surface area contributed by atoms with Crippen molar-refractivity contribution in [1.29, 1.82) is 0 Å². The van der Waals surface area contributed by atoms with Crippen LogP contribution in [0.2, 0.25) is 0 Å². The van der Waals surface area contributed by atoms with Crippen molar-refractivity contribution in [2.45, 2.75) is 27.2 Å². The quantitative estimate of drug-likeness (QED) is 0.452. The van der Waals surface area contributed by atoms with E-state index < -0.39 is 0 Å². The van der Waals surface area contributed by atoms with Gasteiger partial charge in [0, 0.05) is 34.1 Å². The minimum Gasteiger partial charge on any atom is -0.0593 e. The predicted molar refractivity (Wildman–Crippen MR) is 109 cm³/mol. The molecule has 0 bridgehead atoms. The maximum absolute atomic E-state index is 2.38. The summed E-state index contributed by atoms with van der Waals surface area (Å²) in [6, 6.07) is 0. The van der Waals surface area contributed by atoms with E-state index in [4.69, 9.17) is 0 Å². The zero-order chi connectivity index (χ0) is 18.5. The summed E-state index contributed by atoms with van der Waals surface area (Å²) < 4.78 is 0. The Morgan fingerprint density at radius 2 is 0.893 bits per heavy atom. The van der Waals surface area contributed by atoms with Crippen molar-refractivity contribution in [2.75, 3.05) is 0 Å². The molecule has 1 unspecified atom stereocenters. The number of rotatable bonds is 1. The molecular formula is C26H28Fe2. The fourth-order valence-corrected chi connectivity index (χ4v) is 4.21. The van der Waals surface area contributed by atoms with Crippen molar-refractivity contribution in [1.82, 2.24) is 0 Å². The molecule has 5 rings (SSSR count). The Hall–Kier alpha value is 1.04. The molecule has 0 spiro atoms. The Morgan fingerprint density at radius 1 is 0.500 bits per heavy atom. The molecule has 5 saturated carbocycles. The van der Waals surface area contributed by atoms with Crippen LogP contribution in [-0.2, 0) is 34.1 Å². The summed E-state index contributed by atoms with van der Waals surface area (Å²) in [7, 11) is 0. The average Bonchev–Trinajstić information content (AvgIpc) is 3.47. The summed E-state index contributed by atoms with van der Waals surface area (Å²) >= 11 is 0. The molecule has 0 saturated heterocycles. The summed E-state index contributed by atoms with van der Waals surface area (Å²) in [4.78, 5) is 0. The Kier molecular flexibility index (Phi) is 12.4. The van der Waals surface area contributed by atoms with Gasteiger partial charge in [-0.2, -0.15) is 0 Å². The van der Waals surface area contributed by atoms with Crippen LogP contribution in [0.4, 0.5) is 0 Å². The Labute approximate surface area is 198 Å². The topological polar surface area (TPSA) is 0 Å². The molecule has 0 aromatic heterocycles. The van der Waals surface area contributed by atoms with Crippen LogP contribution >= 0.6 is 0 Å². The SMILES string of the molecule is CC1(C)CC(C)([C]2[CH][CH][CH][CH]2)[C]2[CH][CH][CH][C]21.[CH]1[CH][CH][CH][CH]1.[CH]1[CH][CH][CH][CH]1.[Fe].[Fe]. The van der Waals surface area contributed by atoms with Gasteiger partial charge in [-0.1, -0.05) is 20.8 Å². The molecule has 5 aliphatic carbocycles. The maximum Gasteiger partial charge on any atom is 0 e. The van der Waals surface area contributed by atoms with Crippen molar-refractivity contribution >= 4 is 0 Å². The Bertz CT molecular complexity index is 379. The largest absolute Gasteiger partial charge is 0.0593 e. The van der Waals surface area contributed by atoms with Gasteiger partial charge in [-0.25, -0.2) is 0 Å². The summed E-state index contributed by atoms with van der Waals surface area (Å²) in [5.74, 6) is 4.53. The van der Waals surface area contributed by atoms with E-state index >= 15 is 0 Å². The minimum atomic E-state index is 0. The van der Waals surface area contributed by atoms with Gasteiger partial charge in [0.05, 0.1) is 0 Å². The molecule has 0 N–H and O–H groups in total. The fraction of sp³-hybridized carbons (Fsp3) is 0.231. The third-order valence-electron chi connectivity index (χ3n) is 5.35. The van der Waals surface area contributed by atoms with E-state index in [-0.39, 0.29) is 39.6 Å². The molecular weight excluding hydrogens is 424 g/mol. The van der Waals surface area contributed by atoms with Gasteiger partial charge in [-0.3, -0.25) is 0 Å². The molecule has 148 valence electrons. The first kappa shape index (κ1) is 27.1. The summed E-state index contributed by atoms with van der Waals surface area (Å²) in [6.07, 6.45) is 36.8. The Balaban J connectivity index is 0.000000271. The van der Waals surface area contributed by atoms with E-state index in [0.717, 1.165) is 0 Å². The van der Waals surface area contributed by atoms with Gasteiger partial charge in [0.2, 0.25) is 0 Å². The third kappa shape index (κ3) is 6.77. The molecule has 0 aromatic rings. The molecule has 1 atom stereocenters. The Morgan fingerprint density at radius 3 is 1.32 bits per heavy atom. The fourth-order valence-electron chi connectivity index (χ4n) is 4.21. The van der Waals surface area contributed by atoms with Crippen LogP contribution in [0.5, 0.6) is 0 Å². The van der Waals surface area contributed by atoms with Gasteiger partial charge < -0.3 is 0 Å². The molecule has 28 heavy (non-hydrogen) atoms. The molecule has 0 aliphatic heterocycles. The van der Waals surface area contributed by atoms with Crippen LogP contribution in [-0.4, -0.2) is 0 Å². The van der Waals surface area contributed by atoms with E-state index in [0.29, 0.717) is 5.41 Å². The van der Waals surface area contributed by atoms with Crippen molar-refractivity contribution < 1.29 is 34.1 Å². The molecule has 20 radical (unpaired) electrons. The second kappa shape index (κ2) is 12.8. The first-order chi connectivity index (χ1) is 12.5. The first-order valence-corrected chi connectivity index (χ1v) is 9.36. The van der Waals surface area contributed by atoms with Crippen LogP contribution in [0, 0.1) is 138 Å². The molecule has 2 heteroatoms. The predicted octanol–water partition coefficient (Wildman–Crippen LogP) is 5.64. The van der Waals surface area contributed by atoms with Gasteiger partial charge in [-0.05, 0) is 144 Å². The van der Waals surface area contributed by atoms with E-state index in [9.17, 15) is 0 Å². The van der Waals surface area contributed by atoms with E-state index in [1.807, 2.05) is 64.2 Å². The minimum absolute atomic E-state index is 0. The van der Waals surface area contributed by atoms with Gasteiger partial charge in [-0.15, -0.1) is 0 Å². The number of hydrogen-bond donors (Lipinski definition) is 0. The van der Waals surface area contributed by atoms with Gasteiger partial charge in [0.1, 0.15) is 0 Å². The molecule has 0 amide bonds. The van der Waals surface area contributed by atoms with Crippen molar-refractivity contribution in [2.24, 2.45) is 10.8 Å². The van der Waals surface area contributed by atoms with Crippen LogP contribution in [0.25, 0.3) is 0 Å². The monoisotopic (exact) mass is 452 g/mol. The summed E-state index contributed by atoms with van der Waals surface area (Å²) in [6.45, 7) is 7.11. The van der Waals surface area contributed by atoms with E-state index in [1.54, 1.807) is 0 Å². The average molecular weight is 452 g/mol. The molecule has 0 aromatic carbocycles. The van der Waals surface area contributed by atoms with Crippen LogP contribution in [0.15, 0.2) is 0 Å². The maximum atomic E-state index is 2.38. The molecule has 5 fully saturated rings. The smallest absolute Gasteiger partial charge is 0 e. The molecule has 5 aliphatic rings. The van der Waals surface area contributed by atoms with Gasteiger partial charge in [0.15, 0.2) is 0 Å². The van der Waals surface area contributed by atoms with E-state index in [1.165, 1.54) is 24.2 Å². The summed E-state index contributed by atoms with van der Waals surface area (Å²) in [5, 5.41) is 0. The molecule has 0 nitrogen and oxygen atoms in total. The third-order valence-corrected chi connectivity index (χ3v) is 5.35. The van der Waals surface area contributed by atoms with Crippen LogP contribution in [0.3, 0.4) is 0 Å². The first-order valence-electron chi connectivity index (χ1n) is 9.36. The van der Waals surface area contributed by atoms with Crippen molar-refractivity contribution in [3.63, 3.8) is 0 Å². The normalized spacial score (nSPS) is 31.8. The number of hydrogen-bond acceptors (Lipinski definition) is 0. The zero-order valence-electron chi connectivity index (χ0n) is 16.7. The zero-order valence-corrected chi connectivity index (χ0v) is 18.9. The van der Waals surface area contributed by atoms with Crippen LogP contribution < -0.4 is 0 Å². The second-order valence-electron chi connectivity index (χ2n) is 7.84. The molecule has 0 heterocycles. The van der Waals surface area contributed by atoms with Gasteiger partial charge in [0.25, 0.3) is 0 Å². The van der Waals surface area contributed by atoms with E-state index in [2.05, 4.69) is 65.7 Å². The number of fused-ring (bicyclic) bond motifs is 1. The summed E-state index contributed by atoms with van der Waals surface area (Å²) in [5.41, 5.74) is 0.524. The van der Waals surface area contributed by atoms with Crippen molar-refractivity contribution in [3.05, 3.63) is 127 Å².